The first-order valence-corrected chi connectivity index (χ1v) is 6.60. The Labute approximate surface area is 118 Å². The summed E-state index contributed by atoms with van der Waals surface area (Å²) >= 11 is 0. The molecule has 1 N–H and O–H groups in total. The highest BCUT2D eigenvalue weighted by Crippen LogP contribution is 2.30. The van der Waals surface area contributed by atoms with Crippen molar-refractivity contribution >= 4 is 0 Å². The third kappa shape index (κ3) is 5.71. The van der Waals surface area contributed by atoms with Crippen molar-refractivity contribution in [3.05, 3.63) is 23.8 Å². The molecule has 114 valence electrons. The molecule has 0 unspecified atom stereocenters. The second-order valence-electron chi connectivity index (χ2n) is 4.43. The van der Waals surface area contributed by atoms with Gasteiger partial charge in [-0.3, -0.25) is 0 Å². The highest BCUT2D eigenvalue weighted by atomic mass is 19.3. The molecule has 0 aliphatic carbocycles. The van der Waals surface area contributed by atoms with Crippen LogP contribution in [0, 0.1) is 0 Å². The van der Waals surface area contributed by atoms with Gasteiger partial charge in [-0.2, -0.15) is 8.78 Å². The summed E-state index contributed by atoms with van der Waals surface area (Å²) in [7, 11) is 3.90. The van der Waals surface area contributed by atoms with Crippen LogP contribution in [-0.4, -0.2) is 45.3 Å². The first kappa shape index (κ1) is 16.7. The van der Waals surface area contributed by atoms with E-state index in [4.69, 9.17) is 4.74 Å². The molecule has 0 saturated carbocycles. The molecule has 0 atom stereocenters. The van der Waals surface area contributed by atoms with Crippen LogP contribution in [0.25, 0.3) is 0 Å². The third-order valence-electron chi connectivity index (χ3n) is 2.72. The fourth-order valence-electron chi connectivity index (χ4n) is 1.81. The zero-order valence-corrected chi connectivity index (χ0v) is 12.2. The second kappa shape index (κ2) is 8.71. The molecule has 0 fully saturated rings. The molecule has 0 spiro atoms. The van der Waals surface area contributed by atoms with Crippen molar-refractivity contribution in [3.8, 4) is 11.5 Å². The third-order valence-corrected chi connectivity index (χ3v) is 2.72. The Kier molecular flexibility index (Phi) is 7.25. The number of hydrogen-bond acceptors (Lipinski definition) is 4. The normalized spacial score (nSPS) is 11.2. The number of alkyl halides is 2. The summed E-state index contributed by atoms with van der Waals surface area (Å²) in [5.74, 6) is 0.427. The molecule has 0 aromatic heterocycles. The maximum Gasteiger partial charge on any atom is 0.387 e. The fourth-order valence-corrected chi connectivity index (χ4v) is 1.81. The molecule has 1 aromatic rings. The molecule has 1 aromatic carbocycles. The molecular weight excluding hydrogens is 266 g/mol. The van der Waals surface area contributed by atoms with Crippen molar-refractivity contribution in [3.63, 3.8) is 0 Å². The van der Waals surface area contributed by atoms with Gasteiger partial charge in [0.15, 0.2) is 11.5 Å². The van der Waals surface area contributed by atoms with Crippen LogP contribution in [0.15, 0.2) is 18.2 Å². The predicted molar refractivity (Wildman–Crippen MR) is 74.5 cm³/mol. The molecule has 0 aliphatic heterocycles. The van der Waals surface area contributed by atoms with E-state index in [-0.39, 0.29) is 5.75 Å². The molecule has 1 rings (SSSR count). The Morgan fingerprint density at radius 1 is 1.30 bits per heavy atom. The van der Waals surface area contributed by atoms with E-state index in [1.807, 2.05) is 14.1 Å². The number of halogens is 2. The van der Waals surface area contributed by atoms with Crippen molar-refractivity contribution in [1.29, 1.82) is 0 Å². The highest BCUT2D eigenvalue weighted by molar-refractivity contribution is 5.43. The Hall–Kier alpha value is -1.40. The highest BCUT2D eigenvalue weighted by Gasteiger charge is 2.12. The summed E-state index contributed by atoms with van der Waals surface area (Å²) < 4.78 is 34.4. The van der Waals surface area contributed by atoms with Crippen molar-refractivity contribution in [2.45, 2.75) is 20.1 Å². The summed E-state index contributed by atoms with van der Waals surface area (Å²) in [5, 5.41) is 3.08. The van der Waals surface area contributed by atoms with Crippen molar-refractivity contribution in [1.82, 2.24) is 10.2 Å². The molecule has 6 heteroatoms. The summed E-state index contributed by atoms with van der Waals surface area (Å²) in [4.78, 5) is 2.13. The fraction of sp³-hybridized carbons (Fsp3) is 0.571. The standard InChI is InChI=1S/C14H22F2N2O2/c1-4-19-13-9-11(10-18(3)8-7-17-2)5-6-12(13)20-14(15)16/h5-6,9,14,17H,4,7-8,10H2,1-3H3. The first-order chi connectivity index (χ1) is 9.56. The molecule has 0 radical (unpaired) electrons. The van der Waals surface area contributed by atoms with Gasteiger partial charge >= 0.3 is 6.61 Å². The van der Waals surface area contributed by atoms with Crippen LogP contribution in [-0.2, 0) is 6.54 Å². The zero-order valence-electron chi connectivity index (χ0n) is 12.2. The Morgan fingerprint density at radius 2 is 2.05 bits per heavy atom. The quantitative estimate of drug-likeness (QED) is 0.756. The lowest BCUT2D eigenvalue weighted by Crippen LogP contribution is -2.26. The number of likely N-dealkylation sites (N-methyl/N-ethyl adjacent to an activating group) is 2. The second-order valence-corrected chi connectivity index (χ2v) is 4.43. The van der Waals surface area contributed by atoms with E-state index >= 15 is 0 Å². The molecule has 20 heavy (non-hydrogen) atoms. The van der Waals surface area contributed by atoms with Gasteiger partial charge in [-0.15, -0.1) is 0 Å². The van der Waals surface area contributed by atoms with Crippen LogP contribution in [0.2, 0.25) is 0 Å². The lowest BCUT2D eigenvalue weighted by Gasteiger charge is -2.18. The Balaban J connectivity index is 2.75. The van der Waals surface area contributed by atoms with Gasteiger partial charge in [-0.1, -0.05) is 6.07 Å². The Morgan fingerprint density at radius 3 is 2.65 bits per heavy atom. The van der Waals surface area contributed by atoms with E-state index in [1.165, 1.54) is 6.07 Å². The van der Waals surface area contributed by atoms with E-state index in [1.54, 1.807) is 19.1 Å². The summed E-state index contributed by atoms with van der Waals surface area (Å²) in [6.45, 7) is 1.86. The van der Waals surface area contributed by atoms with Gasteiger partial charge in [0.1, 0.15) is 0 Å². The maximum atomic E-state index is 12.3. The molecular formula is C14H22F2N2O2. The summed E-state index contributed by atoms with van der Waals surface area (Å²) in [6, 6.07) is 5.05. The van der Waals surface area contributed by atoms with Crippen LogP contribution in [0.1, 0.15) is 12.5 Å². The molecule has 0 aliphatic rings. The smallest absolute Gasteiger partial charge is 0.387 e. The van der Waals surface area contributed by atoms with E-state index in [2.05, 4.69) is 15.0 Å². The lowest BCUT2D eigenvalue weighted by atomic mass is 10.2. The van der Waals surface area contributed by atoms with Gasteiger partial charge in [0.25, 0.3) is 0 Å². The van der Waals surface area contributed by atoms with E-state index in [0.29, 0.717) is 12.4 Å². The minimum absolute atomic E-state index is 0.0727. The average molecular weight is 288 g/mol. The molecule has 0 bridgehead atoms. The molecule has 4 nitrogen and oxygen atoms in total. The van der Waals surface area contributed by atoms with Crippen LogP contribution >= 0.6 is 0 Å². The van der Waals surface area contributed by atoms with Gasteiger partial charge in [-0.25, -0.2) is 0 Å². The van der Waals surface area contributed by atoms with Gasteiger partial charge in [-0.05, 0) is 38.7 Å². The minimum atomic E-state index is -2.85. The molecule has 0 heterocycles. The van der Waals surface area contributed by atoms with Crippen LogP contribution in [0.5, 0.6) is 11.5 Å². The first-order valence-electron chi connectivity index (χ1n) is 6.60. The van der Waals surface area contributed by atoms with Gasteiger partial charge in [0, 0.05) is 19.6 Å². The van der Waals surface area contributed by atoms with E-state index in [0.717, 1.165) is 25.2 Å². The number of rotatable bonds is 9. The summed E-state index contributed by atoms with van der Waals surface area (Å²) in [5.41, 5.74) is 0.994. The number of ether oxygens (including phenoxy) is 2. The summed E-state index contributed by atoms with van der Waals surface area (Å²) in [6.07, 6.45) is 0. The van der Waals surface area contributed by atoms with Crippen molar-refractivity contribution < 1.29 is 18.3 Å². The maximum absolute atomic E-state index is 12.3. The SMILES string of the molecule is CCOc1cc(CN(C)CCNC)ccc1OC(F)F. The molecule has 0 amide bonds. The van der Waals surface area contributed by atoms with Gasteiger partial charge in [0.2, 0.25) is 0 Å². The Bertz CT molecular complexity index is 403. The van der Waals surface area contributed by atoms with Crippen molar-refractivity contribution in [2.24, 2.45) is 0 Å². The average Bonchev–Trinajstić information content (AvgIpc) is 2.39. The molecule has 0 saturated heterocycles. The van der Waals surface area contributed by atoms with Gasteiger partial charge < -0.3 is 19.7 Å². The van der Waals surface area contributed by atoms with E-state index in [9.17, 15) is 8.78 Å². The zero-order chi connectivity index (χ0) is 15.0. The number of nitrogens with one attached hydrogen (secondary N) is 1. The lowest BCUT2D eigenvalue weighted by molar-refractivity contribution is -0.0514. The minimum Gasteiger partial charge on any atom is -0.490 e. The van der Waals surface area contributed by atoms with Gasteiger partial charge in [0.05, 0.1) is 6.61 Å². The monoisotopic (exact) mass is 288 g/mol. The topological polar surface area (TPSA) is 33.7 Å². The van der Waals surface area contributed by atoms with Crippen LogP contribution in [0.3, 0.4) is 0 Å². The number of benzene rings is 1. The van der Waals surface area contributed by atoms with E-state index < -0.39 is 6.61 Å². The van der Waals surface area contributed by atoms with Crippen LogP contribution in [0.4, 0.5) is 8.78 Å². The number of hydrogen-bond donors (Lipinski definition) is 1. The number of nitrogens with zero attached hydrogens (tertiary/aromatic N) is 1. The van der Waals surface area contributed by atoms with Crippen molar-refractivity contribution in [2.75, 3.05) is 33.8 Å². The predicted octanol–water partition coefficient (Wildman–Crippen LogP) is 2.34. The largest absolute Gasteiger partial charge is 0.490 e. The van der Waals surface area contributed by atoms with Crippen LogP contribution < -0.4 is 14.8 Å².